The van der Waals surface area contributed by atoms with Crippen LogP contribution in [0.25, 0.3) is 0 Å². The van der Waals surface area contributed by atoms with Crippen molar-refractivity contribution >= 4 is 11.6 Å². The Labute approximate surface area is 174 Å². The molecule has 0 radical (unpaired) electrons. The van der Waals surface area contributed by atoms with E-state index in [1.54, 1.807) is 7.11 Å². The van der Waals surface area contributed by atoms with Crippen LogP contribution in [0.1, 0.15) is 30.9 Å². The lowest BCUT2D eigenvalue weighted by molar-refractivity contribution is -0.122. The highest BCUT2D eigenvalue weighted by atomic mass is 16.5. The number of amides is 1. The Morgan fingerprint density at radius 2 is 1.72 bits per heavy atom. The average Bonchev–Trinajstić information content (AvgIpc) is 2.74. The molecular formula is C24H33N3O2. The van der Waals surface area contributed by atoms with Gasteiger partial charge in [0.15, 0.2) is 0 Å². The summed E-state index contributed by atoms with van der Waals surface area (Å²) in [5, 5.41) is 3.06. The minimum Gasteiger partial charge on any atom is -0.495 e. The van der Waals surface area contributed by atoms with Gasteiger partial charge in [0.1, 0.15) is 5.75 Å². The van der Waals surface area contributed by atoms with Gasteiger partial charge in [0.05, 0.1) is 19.3 Å². The summed E-state index contributed by atoms with van der Waals surface area (Å²) in [6.45, 7) is 9.10. The second-order valence-corrected chi connectivity index (χ2v) is 7.93. The third kappa shape index (κ3) is 5.97. The first kappa shape index (κ1) is 21.2. The maximum atomic E-state index is 12.3. The highest BCUT2D eigenvalue weighted by Gasteiger charge is 2.20. The fourth-order valence-corrected chi connectivity index (χ4v) is 3.71. The summed E-state index contributed by atoms with van der Waals surface area (Å²) in [4.78, 5) is 16.9. The van der Waals surface area contributed by atoms with E-state index < -0.39 is 0 Å². The molecule has 5 heteroatoms. The van der Waals surface area contributed by atoms with Crippen molar-refractivity contribution in [3.8, 4) is 5.75 Å². The molecule has 29 heavy (non-hydrogen) atoms. The first-order chi connectivity index (χ1) is 14.1. The number of carbonyl (C=O) groups excluding carboxylic acids is 1. The van der Waals surface area contributed by atoms with Crippen molar-refractivity contribution < 1.29 is 9.53 Å². The molecule has 1 heterocycles. The van der Waals surface area contributed by atoms with Crippen LogP contribution in [-0.2, 0) is 11.2 Å². The second-order valence-electron chi connectivity index (χ2n) is 7.93. The quantitative estimate of drug-likeness (QED) is 0.745. The predicted molar refractivity (Wildman–Crippen MR) is 119 cm³/mol. The lowest BCUT2D eigenvalue weighted by Gasteiger charge is -2.36. The molecule has 0 unspecified atom stereocenters. The summed E-state index contributed by atoms with van der Waals surface area (Å²) in [6.07, 6.45) is 0.867. The van der Waals surface area contributed by atoms with Gasteiger partial charge in [-0.2, -0.15) is 0 Å². The van der Waals surface area contributed by atoms with Crippen molar-refractivity contribution in [3.05, 3.63) is 59.7 Å². The van der Waals surface area contributed by atoms with Gasteiger partial charge in [-0.1, -0.05) is 50.2 Å². The molecule has 3 rings (SSSR count). The molecule has 0 aliphatic carbocycles. The van der Waals surface area contributed by atoms with Crippen LogP contribution in [0.5, 0.6) is 5.75 Å². The smallest absolute Gasteiger partial charge is 0.234 e. The molecule has 1 saturated heterocycles. The van der Waals surface area contributed by atoms with Crippen LogP contribution in [0.3, 0.4) is 0 Å². The van der Waals surface area contributed by atoms with Crippen LogP contribution in [-0.4, -0.2) is 57.2 Å². The number of piperazine rings is 1. The monoisotopic (exact) mass is 395 g/mol. The molecular weight excluding hydrogens is 362 g/mol. The molecule has 2 aromatic rings. The van der Waals surface area contributed by atoms with Crippen LogP contribution < -0.4 is 15.0 Å². The number of para-hydroxylation sites is 2. The standard InChI is InChI=1S/C24H33N3O2/c1-19(2)21-10-8-20(9-11-21)12-13-25-24(28)18-26-14-16-27(17-15-26)22-6-4-5-7-23(22)29-3/h4-11,19H,12-18H2,1-3H3,(H,25,28). The van der Waals surface area contributed by atoms with Crippen LogP contribution >= 0.6 is 0 Å². The normalized spacial score (nSPS) is 14.8. The minimum absolute atomic E-state index is 0.106. The van der Waals surface area contributed by atoms with Gasteiger partial charge >= 0.3 is 0 Å². The summed E-state index contributed by atoms with van der Waals surface area (Å²) in [6, 6.07) is 16.8. The number of rotatable bonds is 8. The number of carbonyl (C=O) groups is 1. The largest absolute Gasteiger partial charge is 0.495 e. The topological polar surface area (TPSA) is 44.8 Å². The third-order valence-electron chi connectivity index (χ3n) is 5.55. The number of methoxy groups -OCH3 is 1. The molecule has 0 atom stereocenters. The first-order valence-electron chi connectivity index (χ1n) is 10.5. The van der Waals surface area contributed by atoms with E-state index in [-0.39, 0.29) is 5.91 Å². The fourth-order valence-electron chi connectivity index (χ4n) is 3.71. The van der Waals surface area contributed by atoms with Crippen LogP contribution in [0.2, 0.25) is 0 Å². The molecule has 1 aliphatic heterocycles. The average molecular weight is 396 g/mol. The molecule has 0 spiro atoms. The molecule has 1 fully saturated rings. The Kier molecular flexibility index (Phi) is 7.53. The predicted octanol–water partition coefficient (Wildman–Crippen LogP) is 3.30. The van der Waals surface area contributed by atoms with Crippen LogP contribution in [0.4, 0.5) is 5.69 Å². The Bertz CT molecular complexity index is 781. The number of anilines is 1. The van der Waals surface area contributed by atoms with Crippen molar-refractivity contribution in [1.29, 1.82) is 0 Å². The molecule has 0 bridgehead atoms. The van der Waals surface area contributed by atoms with E-state index in [2.05, 4.69) is 59.3 Å². The number of nitrogens with zero attached hydrogens (tertiary/aromatic N) is 2. The number of ether oxygens (including phenoxy) is 1. The van der Waals surface area contributed by atoms with Gasteiger partial charge in [0.25, 0.3) is 0 Å². The van der Waals surface area contributed by atoms with Crippen molar-refractivity contribution in [1.82, 2.24) is 10.2 Å². The van der Waals surface area contributed by atoms with Gasteiger partial charge in [0.2, 0.25) is 5.91 Å². The zero-order chi connectivity index (χ0) is 20.6. The highest BCUT2D eigenvalue weighted by molar-refractivity contribution is 5.78. The fraction of sp³-hybridized carbons (Fsp3) is 0.458. The molecule has 156 valence electrons. The van der Waals surface area contributed by atoms with Crippen LogP contribution in [0, 0.1) is 0 Å². The van der Waals surface area contributed by atoms with Gasteiger partial charge < -0.3 is 15.0 Å². The van der Waals surface area contributed by atoms with Crippen molar-refractivity contribution in [2.75, 3.05) is 51.3 Å². The molecule has 0 aromatic heterocycles. The molecule has 1 aliphatic rings. The lowest BCUT2D eigenvalue weighted by Crippen LogP contribution is -2.49. The Hall–Kier alpha value is -2.53. The summed E-state index contributed by atoms with van der Waals surface area (Å²) in [7, 11) is 1.71. The zero-order valence-electron chi connectivity index (χ0n) is 17.9. The zero-order valence-corrected chi connectivity index (χ0v) is 17.9. The van der Waals surface area contributed by atoms with E-state index >= 15 is 0 Å². The molecule has 1 amide bonds. The van der Waals surface area contributed by atoms with E-state index in [0.29, 0.717) is 19.0 Å². The van der Waals surface area contributed by atoms with E-state index in [0.717, 1.165) is 44.0 Å². The van der Waals surface area contributed by atoms with Gasteiger partial charge in [0, 0.05) is 32.7 Å². The summed E-state index contributed by atoms with van der Waals surface area (Å²) < 4.78 is 5.47. The van der Waals surface area contributed by atoms with Gasteiger partial charge in [-0.05, 0) is 35.6 Å². The number of hydrogen-bond acceptors (Lipinski definition) is 4. The molecule has 1 N–H and O–H groups in total. The lowest BCUT2D eigenvalue weighted by atomic mass is 10.0. The Morgan fingerprint density at radius 1 is 1.03 bits per heavy atom. The van der Waals surface area contributed by atoms with E-state index in [1.807, 2.05) is 18.2 Å². The molecule has 5 nitrogen and oxygen atoms in total. The minimum atomic E-state index is 0.106. The van der Waals surface area contributed by atoms with Crippen molar-refractivity contribution in [2.45, 2.75) is 26.2 Å². The van der Waals surface area contributed by atoms with Gasteiger partial charge in [-0.3, -0.25) is 9.69 Å². The SMILES string of the molecule is COc1ccccc1N1CCN(CC(=O)NCCc2ccc(C(C)C)cc2)CC1. The number of hydrogen-bond donors (Lipinski definition) is 1. The summed E-state index contributed by atoms with van der Waals surface area (Å²) in [5.41, 5.74) is 3.74. The van der Waals surface area contributed by atoms with E-state index in [1.165, 1.54) is 11.1 Å². The van der Waals surface area contributed by atoms with E-state index in [4.69, 9.17) is 4.74 Å². The molecule has 0 saturated carbocycles. The molecule has 2 aromatic carbocycles. The van der Waals surface area contributed by atoms with Crippen LogP contribution in [0.15, 0.2) is 48.5 Å². The third-order valence-corrected chi connectivity index (χ3v) is 5.55. The van der Waals surface area contributed by atoms with Crippen molar-refractivity contribution in [2.24, 2.45) is 0 Å². The Morgan fingerprint density at radius 3 is 2.38 bits per heavy atom. The van der Waals surface area contributed by atoms with E-state index in [9.17, 15) is 4.79 Å². The van der Waals surface area contributed by atoms with Crippen molar-refractivity contribution in [3.63, 3.8) is 0 Å². The van der Waals surface area contributed by atoms with Gasteiger partial charge in [-0.25, -0.2) is 0 Å². The van der Waals surface area contributed by atoms with Gasteiger partial charge in [-0.15, -0.1) is 0 Å². The second kappa shape index (κ2) is 10.3. The summed E-state index contributed by atoms with van der Waals surface area (Å²) >= 11 is 0. The Balaban J connectivity index is 1.38. The maximum absolute atomic E-state index is 12.3. The highest BCUT2D eigenvalue weighted by Crippen LogP contribution is 2.28. The summed E-state index contributed by atoms with van der Waals surface area (Å²) in [5.74, 6) is 1.56. The number of nitrogens with one attached hydrogen (secondary N) is 1. The first-order valence-corrected chi connectivity index (χ1v) is 10.5. The maximum Gasteiger partial charge on any atom is 0.234 e. The number of benzene rings is 2.